The molecular formula is C43H40N4. The van der Waals surface area contributed by atoms with Crippen LogP contribution in [0.3, 0.4) is 0 Å². The number of benzene rings is 4. The predicted octanol–water partition coefficient (Wildman–Crippen LogP) is 9.36. The molecule has 5 heterocycles. The molecule has 4 aromatic carbocycles. The Labute approximate surface area is 274 Å². The van der Waals surface area contributed by atoms with Crippen molar-refractivity contribution in [2.45, 2.75) is 60.8 Å². The van der Waals surface area contributed by atoms with Gasteiger partial charge in [0.2, 0.25) is 0 Å². The highest BCUT2D eigenvalue weighted by Gasteiger charge is 2.39. The van der Waals surface area contributed by atoms with Crippen LogP contribution in [-0.2, 0) is 5.41 Å². The molecular weight excluding hydrogens is 573 g/mol. The molecule has 8 bridgehead atoms. The summed E-state index contributed by atoms with van der Waals surface area (Å²) in [5, 5.41) is 14.0. The number of hydrogen-bond donors (Lipinski definition) is 4. The summed E-state index contributed by atoms with van der Waals surface area (Å²) in [7, 11) is 0. The van der Waals surface area contributed by atoms with Crippen LogP contribution >= 0.6 is 0 Å². The Kier molecular flexibility index (Phi) is 5.62. The van der Waals surface area contributed by atoms with Gasteiger partial charge in [-0.15, -0.1) is 0 Å². The van der Waals surface area contributed by atoms with Crippen LogP contribution in [0, 0.1) is 41.5 Å². The minimum absolute atomic E-state index is 0.250. The lowest BCUT2D eigenvalue weighted by atomic mass is 9.79. The average Bonchev–Trinajstić information content (AvgIpc) is 3.69. The van der Waals surface area contributed by atoms with E-state index in [1.807, 2.05) is 0 Å². The van der Waals surface area contributed by atoms with Gasteiger partial charge in [-0.3, -0.25) is 0 Å². The molecule has 0 fully saturated rings. The Morgan fingerprint density at radius 3 is 1.66 bits per heavy atom. The molecule has 2 aliphatic rings. The highest BCUT2D eigenvalue weighted by Crippen LogP contribution is 2.54. The van der Waals surface area contributed by atoms with Crippen molar-refractivity contribution >= 4 is 56.2 Å². The molecule has 2 aliphatic heterocycles. The first kappa shape index (κ1) is 28.0. The van der Waals surface area contributed by atoms with E-state index in [-0.39, 0.29) is 5.41 Å². The average molecular weight is 613 g/mol. The quantitative estimate of drug-likeness (QED) is 0.127. The molecule has 4 heteroatoms. The highest BCUT2D eigenvalue weighted by atomic mass is 15.0. The lowest BCUT2D eigenvalue weighted by molar-refractivity contribution is 0.659. The lowest BCUT2D eigenvalue weighted by Gasteiger charge is -2.22. The summed E-state index contributed by atoms with van der Waals surface area (Å²) < 4.78 is 0. The van der Waals surface area contributed by atoms with Gasteiger partial charge in [0.1, 0.15) is 0 Å². The largest absolute Gasteiger partial charge is 0.357 e. The Bertz CT molecular complexity index is 2680. The van der Waals surface area contributed by atoms with Gasteiger partial charge in [0, 0.05) is 49.8 Å². The van der Waals surface area contributed by atoms with Crippen LogP contribution in [-0.4, -0.2) is 15.0 Å². The standard InChI is InChI=1S/C43H40N4/c1-21-22(2)35-19-36-25(5)26(6)41(46-36)40-39-30-16-12-11-14-28(30)27-13-9-10-15-29(27)31(39)17-32-42(40)47-38(43(32,7)8)20-37-24(4)23(3)34(45-37)18-33(21)44-35/h9-20,44-47H,1-8H3. The predicted molar refractivity (Wildman–Crippen MR) is 200 cm³/mol. The first-order chi connectivity index (χ1) is 22.5. The van der Waals surface area contributed by atoms with Crippen molar-refractivity contribution in [1.82, 2.24) is 15.0 Å². The Morgan fingerprint density at radius 1 is 0.511 bits per heavy atom. The van der Waals surface area contributed by atoms with E-state index in [2.05, 4.69) is 148 Å². The van der Waals surface area contributed by atoms with Crippen LogP contribution in [0.5, 0.6) is 0 Å². The summed E-state index contributed by atoms with van der Waals surface area (Å²) in [5.41, 5.74) is 16.9. The molecule has 3 aromatic heterocycles. The maximum atomic E-state index is 4.03. The van der Waals surface area contributed by atoms with Gasteiger partial charge in [-0.25, -0.2) is 0 Å². The van der Waals surface area contributed by atoms with Crippen molar-refractivity contribution in [2.75, 3.05) is 5.32 Å². The van der Waals surface area contributed by atoms with Gasteiger partial charge in [-0.2, -0.15) is 0 Å². The monoisotopic (exact) mass is 612 g/mol. The summed E-state index contributed by atoms with van der Waals surface area (Å²) >= 11 is 0. The molecule has 0 saturated carbocycles. The fraction of sp³-hybridized carbons (Fsp3) is 0.209. The topological polar surface area (TPSA) is 59.4 Å². The van der Waals surface area contributed by atoms with Crippen LogP contribution in [0.15, 0.2) is 60.3 Å². The van der Waals surface area contributed by atoms with E-state index in [1.165, 1.54) is 93.9 Å². The third-order valence-corrected chi connectivity index (χ3v) is 11.6. The zero-order valence-electron chi connectivity index (χ0n) is 28.4. The van der Waals surface area contributed by atoms with Gasteiger partial charge in [0.15, 0.2) is 0 Å². The summed E-state index contributed by atoms with van der Waals surface area (Å²) in [6, 6.07) is 20.3. The number of aromatic nitrogens is 3. The Morgan fingerprint density at radius 2 is 1.02 bits per heavy atom. The van der Waals surface area contributed by atoms with Crippen molar-refractivity contribution in [2.24, 2.45) is 0 Å². The van der Waals surface area contributed by atoms with Gasteiger partial charge in [0.05, 0.1) is 11.4 Å². The van der Waals surface area contributed by atoms with Gasteiger partial charge < -0.3 is 20.3 Å². The Balaban J connectivity index is 1.52. The van der Waals surface area contributed by atoms with Crippen LogP contribution in [0.1, 0.15) is 69.9 Å². The fourth-order valence-electron chi connectivity index (χ4n) is 8.18. The molecule has 7 aromatic rings. The SMILES string of the molecule is Cc1c2[nH]c(c1C)C=c1[nH]c(c(C)c1C)=Cc1[nH]c(c(C)c1C)-c1c3c(cc4c5ccccc5c5ccccc5c14)C(C)(C)C(=C2)N3. The number of allylic oxidation sites excluding steroid dienone is 1. The van der Waals surface area contributed by atoms with Gasteiger partial charge in [-0.05, 0) is 132 Å². The van der Waals surface area contributed by atoms with E-state index < -0.39 is 0 Å². The van der Waals surface area contributed by atoms with Crippen molar-refractivity contribution in [3.05, 3.63) is 127 Å². The molecule has 9 rings (SSSR count). The van der Waals surface area contributed by atoms with Crippen molar-refractivity contribution in [3.63, 3.8) is 0 Å². The van der Waals surface area contributed by atoms with E-state index in [0.717, 1.165) is 27.8 Å². The normalized spacial score (nSPS) is 14.8. The number of nitrogens with one attached hydrogen (secondary N) is 4. The van der Waals surface area contributed by atoms with E-state index in [0.29, 0.717) is 0 Å². The molecule has 0 radical (unpaired) electrons. The molecule has 0 atom stereocenters. The summed E-state index contributed by atoms with van der Waals surface area (Å²) in [6.45, 7) is 18.1. The molecule has 0 unspecified atom stereocenters. The molecule has 4 N–H and O–H groups in total. The fourth-order valence-corrected chi connectivity index (χ4v) is 8.18. The Hall–Kier alpha value is -5.22. The third kappa shape index (κ3) is 3.70. The second-order valence-electron chi connectivity index (χ2n) is 14.4. The molecule has 47 heavy (non-hydrogen) atoms. The molecule has 0 spiro atoms. The third-order valence-electron chi connectivity index (χ3n) is 11.6. The second kappa shape index (κ2) is 9.42. The summed E-state index contributed by atoms with van der Waals surface area (Å²) in [4.78, 5) is 11.5. The highest BCUT2D eigenvalue weighted by molar-refractivity contribution is 6.30. The summed E-state index contributed by atoms with van der Waals surface area (Å²) in [6.07, 6.45) is 6.93. The van der Waals surface area contributed by atoms with Crippen molar-refractivity contribution < 1.29 is 0 Å². The van der Waals surface area contributed by atoms with Crippen LogP contribution in [0.4, 0.5) is 5.69 Å². The van der Waals surface area contributed by atoms with E-state index >= 15 is 0 Å². The van der Waals surface area contributed by atoms with E-state index in [4.69, 9.17) is 0 Å². The number of aromatic amines is 3. The molecule has 0 saturated heterocycles. The van der Waals surface area contributed by atoms with Gasteiger partial charge >= 0.3 is 0 Å². The maximum absolute atomic E-state index is 4.03. The van der Waals surface area contributed by atoms with E-state index in [9.17, 15) is 0 Å². The smallest absolute Gasteiger partial charge is 0.0525 e. The van der Waals surface area contributed by atoms with Crippen molar-refractivity contribution in [3.8, 4) is 11.3 Å². The van der Waals surface area contributed by atoms with Crippen molar-refractivity contribution in [1.29, 1.82) is 0 Å². The maximum Gasteiger partial charge on any atom is 0.0525 e. The molecule has 0 amide bonds. The number of H-pyrrole nitrogens is 3. The van der Waals surface area contributed by atoms with E-state index in [1.54, 1.807) is 0 Å². The lowest BCUT2D eigenvalue weighted by Crippen LogP contribution is -2.17. The number of fused-ring (bicyclic) bond motifs is 15. The summed E-state index contributed by atoms with van der Waals surface area (Å²) in [5.74, 6) is 0. The second-order valence-corrected chi connectivity index (χ2v) is 14.4. The zero-order chi connectivity index (χ0) is 32.5. The van der Waals surface area contributed by atoms with Crippen LogP contribution < -0.4 is 16.0 Å². The minimum Gasteiger partial charge on any atom is -0.357 e. The number of anilines is 1. The zero-order valence-corrected chi connectivity index (χ0v) is 28.4. The molecule has 0 aliphatic carbocycles. The number of hydrogen-bond acceptors (Lipinski definition) is 1. The van der Waals surface area contributed by atoms with Crippen LogP contribution in [0.2, 0.25) is 0 Å². The van der Waals surface area contributed by atoms with Gasteiger partial charge in [-0.1, -0.05) is 62.4 Å². The molecule has 232 valence electrons. The first-order valence-electron chi connectivity index (χ1n) is 16.7. The van der Waals surface area contributed by atoms with Gasteiger partial charge in [0.25, 0.3) is 0 Å². The first-order valence-corrected chi connectivity index (χ1v) is 16.7. The minimum atomic E-state index is -0.250. The number of rotatable bonds is 0. The molecule has 4 nitrogen and oxygen atoms in total. The van der Waals surface area contributed by atoms with Crippen LogP contribution in [0.25, 0.3) is 61.8 Å².